The van der Waals surface area contributed by atoms with Gasteiger partial charge in [0, 0.05) is 32.3 Å². The molecule has 2 N–H and O–H groups in total. The van der Waals surface area contributed by atoms with E-state index in [4.69, 9.17) is 4.74 Å². The van der Waals surface area contributed by atoms with Crippen molar-refractivity contribution < 1.29 is 22.7 Å². The average Bonchev–Trinajstić information content (AvgIpc) is 3.40. The predicted molar refractivity (Wildman–Crippen MR) is 105 cm³/mol. The van der Waals surface area contributed by atoms with Gasteiger partial charge in [0.25, 0.3) is 10.0 Å². The molecule has 2 aliphatic rings. The van der Waals surface area contributed by atoms with Gasteiger partial charge in [-0.3, -0.25) is 9.59 Å². The molecule has 1 aromatic heterocycles. The third-order valence-electron chi connectivity index (χ3n) is 5.11. The van der Waals surface area contributed by atoms with Crippen LogP contribution in [0, 0.1) is 0 Å². The van der Waals surface area contributed by atoms with Gasteiger partial charge in [0.05, 0.1) is 6.10 Å². The molecule has 0 saturated carbocycles. The SMILES string of the molecule is O=C(NCC[C@H]1CCCCN1S(=O)(=O)c1cccs1)C(=O)NC[C@H]1CCCO1. The summed E-state index contributed by atoms with van der Waals surface area (Å²) in [5.74, 6) is -1.37. The van der Waals surface area contributed by atoms with Crippen LogP contribution in [0.25, 0.3) is 0 Å². The molecule has 1 aromatic rings. The molecule has 2 amide bonds. The minimum Gasteiger partial charge on any atom is -0.376 e. The van der Waals surface area contributed by atoms with Crippen molar-refractivity contribution in [3.05, 3.63) is 17.5 Å². The molecular formula is C18H27N3O5S2. The number of piperidine rings is 1. The van der Waals surface area contributed by atoms with Gasteiger partial charge in [-0.15, -0.1) is 11.3 Å². The minimum atomic E-state index is -3.51. The van der Waals surface area contributed by atoms with Crippen LogP contribution in [-0.2, 0) is 24.3 Å². The van der Waals surface area contributed by atoms with E-state index in [0.29, 0.717) is 30.3 Å². The molecular weight excluding hydrogens is 402 g/mol. The number of hydrogen-bond donors (Lipinski definition) is 2. The van der Waals surface area contributed by atoms with Crippen molar-refractivity contribution in [2.45, 2.75) is 54.9 Å². The van der Waals surface area contributed by atoms with Crippen LogP contribution in [-0.4, -0.2) is 62.9 Å². The van der Waals surface area contributed by atoms with E-state index < -0.39 is 21.8 Å². The van der Waals surface area contributed by atoms with Crippen molar-refractivity contribution >= 4 is 33.2 Å². The highest BCUT2D eigenvalue weighted by Gasteiger charge is 2.33. The largest absolute Gasteiger partial charge is 0.376 e. The predicted octanol–water partition coefficient (Wildman–Crippen LogP) is 1.09. The summed E-state index contributed by atoms with van der Waals surface area (Å²) in [6, 6.07) is 3.17. The smallest absolute Gasteiger partial charge is 0.309 e. The standard InChI is InChI=1S/C18H27N3O5S2/c22-17(18(23)20-13-15-6-3-11-26-15)19-9-8-14-5-1-2-10-21(14)28(24,25)16-7-4-12-27-16/h4,7,12,14-15H,1-3,5-6,8-11,13H2,(H,19,22)(H,20,23)/t14-,15-/m1/s1. The maximum Gasteiger partial charge on any atom is 0.309 e. The number of nitrogens with zero attached hydrogens (tertiary/aromatic N) is 1. The van der Waals surface area contributed by atoms with Crippen molar-refractivity contribution in [3.63, 3.8) is 0 Å². The summed E-state index contributed by atoms with van der Waals surface area (Å²) < 4.78 is 33.0. The van der Waals surface area contributed by atoms with Gasteiger partial charge in [-0.05, 0) is 43.6 Å². The second kappa shape index (κ2) is 9.82. The maximum absolute atomic E-state index is 12.8. The van der Waals surface area contributed by atoms with E-state index in [1.807, 2.05) is 0 Å². The topological polar surface area (TPSA) is 105 Å². The Hall–Kier alpha value is -1.49. The summed E-state index contributed by atoms with van der Waals surface area (Å²) in [5.41, 5.74) is 0. The molecule has 0 spiro atoms. The fourth-order valence-corrected chi connectivity index (χ4v) is 6.47. The third-order valence-corrected chi connectivity index (χ3v) is 8.44. The van der Waals surface area contributed by atoms with Crippen LogP contribution in [0.2, 0.25) is 0 Å². The Morgan fingerprint density at radius 3 is 2.71 bits per heavy atom. The Bertz CT molecular complexity index is 760. The fraction of sp³-hybridized carbons (Fsp3) is 0.667. The molecule has 0 radical (unpaired) electrons. The molecule has 2 aliphatic heterocycles. The van der Waals surface area contributed by atoms with Crippen LogP contribution in [0.4, 0.5) is 0 Å². The highest BCUT2D eigenvalue weighted by Crippen LogP contribution is 2.29. The molecule has 0 aromatic carbocycles. The first-order valence-corrected chi connectivity index (χ1v) is 12.0. The second-order valence-electron chi connectivity index (χ2n) is 7.09. The Morgan fingerprint density at radius 2 is 2.00 bits per heavy atom. The van der Waals surface area contributed by atoms with Gasteiger partial charge in [-0.25, -0.2) is 8.42 Å². The fourth-order valence-electron chi connectivity index (χ4n) is 3.63. The first-order valence-electron chi connectivity index (χ1n) is 9.71. The monoisotopic (exact) mass is 429 g/mol. The van der Waals surface area contributed by atoms with Gasteiger partial charge in [0.2, 0.25) is 0 Å². The molecule has 0 bridgehead atoms. The van der Waals surface area contributed by atoms with Crippen LogP contribution in [0.1, 0.15) is 38.5 Å². The molecule has 2 saturated heterocycles. The van der Waals surface area contributed by atoms with E-state index in [1.165, 1.54) is 11.3 Å². The summed E-state index contributed by atoms with van der Waals surface area (Å²) in [4.78, 5) is 23.8. The van der Waals surface area contributed by atoms with Gasteiger partial charge >= 0.3 is 11.8 Å². The Labute approximate surface area is 169 Å². The summed E-state index contributed by atoms with van der Waals surface area (Å²) in [6.45, 7) is 1.77. The number of amides is 2. The summed E-state index contributed by atoms with van der Waals surface area (Å²) in [5, 5.41) is 6.94. The van der Waals surface area contributed by atoms with E-state index in [0.717, 1.165) is 32.1 Å². The zero-order valence-electron chi connectivity index (χ0n) is 15.8. The minimum absolute atomic E-state index is 0.0185. The molecule has 28 heavy (non-hydrogen) atoms. The molecule has 2 atom stereocenters. The molecule has 0 unspecified atom stereocenters. The van der Waals surface area contributed by atoms with Crippen LogP contribution in [0.3, 0.4) is 0 Å². The molecule has 3 heterocycles. The number of carbonyl (C=O) groups excluding carboxylic acids is 2. The van der Waals surface area contributed by atoms with Crippen molar-refractivity contribution in [2.75, 3.05) is 26.2 Å². The number of thiophene rings is 1. The number of carbonyl (C=O) groups is 2. The molecule has 156 valence electrons. The number of ether oxygens (including phenoxy) is 1. The number of nitrogens with one attached hydrogen (secondary N) is 2. The third kappa shape index (κ3) is 5.31. The number of sulfonamides is 1. The quantitative estimate of drug-likeness (QED) is 0.632. The van der Waals surface area contributed by atoms with Crippen LogP contribution in [0.5, 0.6) is 0 Å². The lowest BCUT2D eigenvalue weighted by molar-refractivity contribution is -0.139. The lowest BCUT2D eigenvalue weighted by atomic mass is 10.0. The Morgan fingerprint density at radius 1 is 1.18 bits per heavy atom. The summed E-state index contributed by atoms with van der Waals surface area (Å²) in [6.07, 6.45) is 4.86. The normalized spacial score (nSPS) is 23.4. The molecule has 0 aliphatic carbocycles. The second-order valence-corrected chi connectivity index (χ2v) is 10.2. The molecule has 8 nitrogen and oxygen atoms in total. The van der Waals surface area contributed by atoms with Crippen molar-refractivity contribution in [3.8, 4) is 0 Å². The lowest BCUT2D eigenvalue weighted by Crippen LogP contribution is -2.46. The lowest BCUT2D eigenvalue weighted by Gasteiger charge is -2.34. The van der Waals surface area contributed by atoms with Crippen LogP contribution in [0.15, 0.2) is 21.7 Å². The van der Waals surface area contributed by atoms with Crippen LogP contribution < -0.4 is 10.6 Å². The van der Waals surface area contributed by atoms with Gasteiger partial charge in [0.1, 0.15) is 4.21 Å². The highest BCUT2D eigenvalue weighted by molar-refractivity contribution is 7.91. The molecule has 3 rings (SSSR count). The van der Waals surface area contributed by atoms with E-state index >= 15 is 0 Å². The number of hydrogen-bond acceptors (Lipinski definition) is 6. The van der Waals surface area contributed by atoms with Crippen molar-refractivity contribution in [1.82, 2.24) is 14.9 Å². The zero-order valence-corrected chi connectivity index (χ0v) is 17.4. The molecule has 2 fully saturated rings. The highest BCUT2D eigenvalue weighted by atomic mass is 32.2. The van der Waals surface area contributed by atoms with Gasteiger partial charge in [-0.2, -0.15) is 4.31 Å². The van der Waals surface area contributed by atoms with E-state index in [-0.39, 0.29) is 18.7 Å². The van der Waals surface area contributed by atoms with Crippen molar-refractivity contribution in [2.24, 2.45) is 0 Å². The van der Waals surface area contributed by atoms with E-state index in [1.54, 1.807) is 21.8 Å². The first kappa shape index (κ1) is 21.2. The van der Waals surface area contributed by atoms with Gasteiger partial charge in [0.15, 0.2) is 0 Å². The van der Waals surface area contributed by atoms with Gasteiger partial charge in [-0.1, -0.05) is 12.5 Å². The average molecular weight is 430 g/mol. The van der Waals surface area contributed by atoms with Crippen molar-refractivity contribution in [1.29, 1.82) is 0 Å². The van der Waals surface area contributed by atoms with Gasteiger partial charge < -0.3 is 15.4 Å². The van der Waals surface area contributed by atoms with Crippen LogP contribution >= 0.6 is 11.3 Å². The summed E-state index contributed by atoms with van der Waals surface area (Å²) in [7, 11) is -3.51. The first-order chi connectivity index (χ1) is 13.5. The van der Waals surface area contributed by atoms with E-state index in [2.05, 4.69) is 10.6 Å². The Balaban J connectivity index is 1.47. The number of rotatable bonds is 7. The van der Waals surface area contributed by atoms with E-state index in [9.17, 15) is 18.0 Å². The maximum atomic E-state index is 12.8. The zero-order chi connectivity index (χ0) is 20.0. The Kier molecular flexibility index (Phi) is 7.44. The summed E-state index contributed by atoms with van der Waals surface area (Å²) >= 11 is 1.21. The molecule has 10 heteroatoms.